The van der Waals surface area contributed by atoms with Gasteiger partial charge in [0.05, 0.1) is 0 Å². The molecule has 2 unspecified atom stereocenters. The molecule has 0 heterocycles. The van der Waals surface area contributed by atoms with Crippen molar-refractivity contribution >= 4 is 6.08 Å². The summed E-state index contributed by atoms with van der Waals surface area (Å²) >= 11 is 0. The van der Waals surface area contributed by atoms with Crippen LogP contribution in [-0.2, 0) is 6.42 Å². The van der Waals surface area contributed by atoms with E-state index in [-0.39, 0.29) is 5.92 Å². The molecule has 0 bridgehead atoms. The maximum Gasteiger partial charge on any atom is 0.123 e. The topological polar surface area (TPSA) is 20.2 Å². The molecule has 3 rings (SSSR count). The molecule has 0 amide bonds. The Hall–Kier alpha value is -2.28. The van der Waals surface area contributed by atoms with Gasteiger partial charge in [-0.05, 0) is 87.1 Å². The molecule has 1 aliphatic carbocycles. The van der Waals surface area contributed by atoms with E-state index >= 15 is 0 Å². The summed E-state index contributed by atoms with van der Waals surface area (Å²) in [4.78, 5) is 0. The normalized spacial score (nSPS) is 16.4. The predicted molar refractivity (Wildman–Crippen MR) is 126 cm³/mol. The Morgan fingerprint density at radius 2 is 1.76 bits per heavy atom. The number of fused-ring (bicyclic) bond motifs is 1. The second kappa shape index (κ2) is 9.03. The first-order valence-corrected chi connectivity index (χ1v) is 11.0. The molecule has 1 heteroatoms. The Labute approximate surface area is 177 Å². The zero-order valence-electron chi connectivity index (χ0n) is 18.8. The van der Waals surface area contributed by atoms with Gasteiger partial charge in [0.1, 0.15) is 5.75 Å². The predicted octanol–water partition coefficient (Wildman–Crippen LogP) is 7.81. The number of hydrogen-bond donors (Lipinski definition) is 1. The average molecular weight is 389 g/mol. The molecule has 0 aromatic heterocycles. The first-order valence-electron chi connectivity index (χ1n) is 11.0. The number of allylic oxidation sites excluding steroid dienone is 2. The van der Waals surface area contributed by atoms with Gasteiger partial charge in [-0.1, -0.05) is 60.9 Å². The molecule has 1 aliphatic rings. The summed E-state index contributed by atoms with van der Waals surface area (Å²) in [6, 6.07) is 10.7. The fourth-order valence-corrected chi connectivity index (χ4v) is 4.72. The smallest absolute Gasteiger partial charge is 0.123 e. The highest BCUT2D eigenvalue weighted by Crippen LogP contribution is 2.49. The van der Waals surface area contributed by atoms with Crippen molar-refractivity contribution in [2.24, 2.45) is 5.92 Å². The highest BCUT2D eigenvalue weighted by atomic mass is 16.3. The van der Waals surface area contributed by atoms with Gasteiger partial charge < -0.3 is 5.11 Å². The highest BCUT2D eigenvalue weighted by molar-refractivity contribution is 5.75. The lowest BCUT2D eigenvalue weighted by Gasteiger charge is -2.23. The Kier molecular flexibility index (Phi) is 6.67. The molecule has 0 saturated carbocycles. The third kappa shape index (κ3) is 4.50. The minimum Gasteiger partial charge on any atom is -0.507 e. The van der Waals surface area contributed by atoms with Crippen molar-refractivity contribution in [1.29, 1.82) is 0 Å². The van der Waals surface area contributed by atoms with Crippen LogP contribution in [0.1, 0.15) is 78.8 Å². The maximum absolute atomic E-state index is 11.1. The second-order valence-electron chi connectivity index (χ2n) is 8.99. The van der Waals surface area contributed by atoms with Gasteiger partial charge in [-0.3, -0.25) is 0 Å². The van der Waals surface area contributed by atoms with Crippen molar-refractivity contribution in [2.45, 2.75) is 72.6 Å². The van der Waals surface area contributed by atoms with E-state index in [9.17, 15) is 5.11 Å². The summed E-state index contributed by atoms with van der Waals surface area (Å²) in [5.74, 6) is 1.43. The van der Waals surface area contributed by atoms with Gasteiger partial charge in [-0.2, -0.15) is 0 Å². The van der Waals surface area contributed by atoms with E-state index in [1.807, 2.05) is 0 Å². The van der Waals surface area contributed by atoms with Crippen LogP contribution >= 0.6 is 0 Å². The number of phenolic OH excluding ortho intramolecular Hbond substituents is 1. The summed E-state index contributed by atoms with van der Waals surface area (Å²) in [6.45, 7) is 14.9. The lowest BCUT2D eigenvalue weighted by Crippen LogP contribution is -2.09. The van der Waals surface area contributed by atoms with Gasteiger partial charge in [-0.25, -0.2) is 0 Å². The minimum absolute atomic E-state index is 0.268. The average Bonchev–Trinajstić information content (AvgIpc) is 3.06. The van der Waals surface area contributed by atoms with Gasteiger partial charge in [0.2, 0.25) is 0 Å². The van der Waals surface area contributed by atoms with Crippen molar-refractivity contribution in [1.82, 2.24) is 0 Å². The van der Waals surface area contributed by atoms with E-state index in [2.05, 4.69) is 77.6 Å². The van der Waals surface area contributed by atoms with E-state index in [4.69, 9.17) is 0 Å². The number of phenols is 1. The summed E-state index contributed by atoms with van der Waals surface area (Å²) in [6.07, 6.45) is 7.93. The van der Waals surface area contributed by atoms with Crippen LogP contribution in [0.3, 0.4) is 0 Å². The van der Waals surface area contributed by atoms with E-state index in [0.29, 0.717) is 11.7 Å². The third-order valence-electron chi connectivity index (χ3n) is 6.92. The van der Waals surface area contributed by atoms with Crippen molar-refractivity contribution < 1.29 is 5.11 Å². The third-order valence-corrected chi connectivity index (χ3v) is 6.92. The van der Waals surface area contributed by atoms with Gasteiger partial charge in [0, 0.05) is 11.5 Å². The molecule has 154 valence electrons. The number of aromatic hydroxyl groups is 1. The standard InChI is InChI=1S/C28H36O/c1-7-22(14-13-18(2)3)15-24-17-25-20(5)19(4)21(6)28(29)27(25)26(24)16-23-11-9-8-10-12-23/h8-12,17,22,26,29H,2,7,13-16H2,1,3-6H3. The van der Waals surface area contributed by atoms with E-state index in [0.717, 1.165) is 30.4 Å². The molecule has 0 fully saturated rings. The molecule has 1 N–H and O–H groups in total. The summed E-state index contributed by atoms with van der Waals surface area (Å²) in [5.41, 5.74) is 10.1. The molecule has 2 aromatic carbocycles. The molecule has 0 spiro atoms. The SMILES string of the molecule is C=C(C)CCC(CC)CC1=Cc2c(C)c(C)c(C)c(O)c2C1Cc1ccccc1. The van der Waals surface area contributed by atoms with E-state index < -0.39 is 0 Å². The summed E-state index contributed by atoms with van der Waals surface area (Å²) in [5, 5.41) is 11.1. The Morgan fingerprint density at radius 3 is 2.38 bits per heavy atom. The Morgan fingerprint density at radius 1 is 1.07 bits per heavy atom. The quantitative estimate of drug-likeness (QED) is 0.457. The van der Waals surface area contributed by atoms with Crippen LogP contribution in [0.2, 0.25) is 0 Å². The summed E-state index contributed by atoms with van der Waals surface area (Å²) in [7, 11) is 0. The lowest BCUT2D eigenvalue weighted by molar-refractivity contribution is 0.445. The van der Waals surface area contributed by atoms with Crippen LogP contribution < -0.4 is 0 Å². The molecular weight excluding hydrogens is 352 g/mol. The first kappa shape index (κ1) is 21.4. The molecule has 0 aliphatic heterocycles. The van der Waals surface area contributed by atoms with Crippen molar-refractivity contribution in [3.63, 3.8) is 0 Å². The fraction of sp³-hybridized carbons (Fsp3) is 0.429. The van der Waals surface area contributed by atoms with Crippen molar-refractivity contribution in [3.05, 3.63) is 81.4 Å². The number of hydrogen-bond acceptors (Lipinski definition) is 1. The lowest BCUT2D eigenvalue weighted by atomic mass is 9.81. The number of rotatable bonds is 8. The van der Waals surface area contributed by atoms with Crippen LogP contribution in [0.5, 0.6) is 5.75 Å². The van der Waals surface area contributed by atoms with Gasteiger partial charge in [0.25, 0.3) is 0 Å². The van der Waals surface area contributed by atoms with Gasteiger partial charge >= 0.3 is 0 Å². The van der Waals surface area contributed by atoms with Crippen LogP contribution in [0, 0.1) is 26.7 Å². The molecule has 2 aromatic rings. The Bertz CT molecular complexity index is 917. The zero-order valence-corrected chi connectivity index (χ0v) is 18.8. The zero-order chi connectivity index (χ0) is 21.1. The molecule has 0 saturated heterocycles. The molecule has 1 nitrogen and oxygen atoms in total. The fourth-order valence-electron chi connectivity index (χ4n) is 4.72. The minimum atomic E-state index is 0.268. The molecular formula is C28H36O. The van der Waals surface area contributed by atoms with Crippen LogP contribution in [0.15, 0.2) is 48.1 Å². The largest absolute Gasteiger partial charge is 0.507 e. The van der Waals surface area contributed by atoms with E-state index in [1.165, 1.54) is 46.2 Å². The van der Waals surface area contributed by atoms with Crippen LogP contribution in [0.25, 0.3) is 6.08 Å². The van der Waals surface area contributed by atoms with Crippen molar-refractivity contribution in [3.8, 4) is 5.75 Å². The highest BCUT2D eigenvalue weighted by Gasteiger charge is 2.32. The van der Waals surface area contributed by atoms with Gasteiger partial charge in [0.15, 0.2) is 0 Å². The molecule has 2 atom stereocenters. The van der Waals surface area contributed by atoms with Crippen LogP contribution in [0.4, 0.5) is 0 Å². The molecule has 0 radical (unpaired) electrons. The molecule has 29 heavy (non-hydrogen) atoms. The second-order valence-corrected chi connectivity index (χ2v) is 8.99. The monoisotopic (exact) mass is 388 g/mol. The Balaban J connectivity index is 1.99. The summed E-state index contributed by atoms with van der Waals surface area (Å²) < 4.78 is 0. The van der Waals surface area contributed by atoms with Crippen LogP contribution in [-0.4, -0.2) is 5.11 Å². The maximum atomic E-state index is 11.1. The first-order chi connectivity index (χ1) is 13.8. The van der Waals surface area contributed by atoms with E-state index in [1.54, 1.807) is 0 Å². The van der Waals surface area contributed by atoms with Gasteiger partial charge in [-0.15, -0.1) is 6.58 Å². The number of benzene rings is 2. The van der Waals surface area contributed by atoms with Crippen molar-refractivity contribution in [2.75, 3.05) is 0 Å².